The summed E-state index contributed by atoms with van der Waals surface area (Å²) in [4.78, 5) is 29.8. The topological polar surface area (TPSA) is 69.6 Å². The van der Waals surface area contributed by atoms with Gasteiger partial charge in [0, 0.05) is 17.1 Å². The Bertz CT molecular complexity index is 1410. The molecule has 0 bridgehead atoms. The first-order valence-corrected chi connectivity index (χ1v) is 13.6. The molecule has 5 rings (SSSR count). The first-order chi connectivity index (χ1) is 19.1. The molecule has 198 valence electrons. The highest BCUT2D eigenvalue weighted by Gasteiger charge is 2.46. The molecule has 4 aromatic rings. The summed E-state index contributed by atoms with van der Waals surface area (Å²) in [6.07, 6.45) is 1.15. The molecule has 4 aromatic carbocycles. The SMILES string of the molecule is O=C(NCCc1ccccc1)[C@@H]1c2ccccc2C(=O)N([C@@H](CO)Cc2ccccc2)[C@H]1c1ccc(Cl)cc1. The number of halogens is 1. The quantitative estimate of drug-likeness (QED) is 0.292. The molecular weight excluding hydrogens is 508 g/mol. The summed E-state index contributed by atoms with van der Waals surface area (Å²) in [7, 11) is 0. The number of aliphatic hydroxyl groups is 1. The number of fused-ring (bicyclic) bond motifs is 1. The fourth-order valence-corrected chi connectivity index (χ4v) is 5.60. The largest absolute Gasteiger partial charge is 0.394 e. The summed E-state index contributed by atoms with van der Waals surface area (Å²) in [6.45, 7) is 0.228. The Morgan fingerprint density at radius 2 is 1.46 bits per heavy atom. The van der Waals surface area contributed by atoms with Gasteiger partial charge in [-0.25, -0.2) is 0 Å². The highest BCUT2D eigenvalue weighted by Crippen LogP contribution is 2.44. The van der Waals surface area contributed by atoms with Gasteiger partial charge in [-0.1, -0.05) is 103 Å². The van der Waals surface area contributed by atoms with Gasteiger partial charge in [0.25, 0.3) is 5.91 Å². The molecule has 5 nitrogen and oxygen atoms in total. The fraction of sp³-hybridized carbons (Fsp3) is 0.212. The molecule has 6 heteroatoms. The lowest BCUT2D eigenvalue weighted by atomic mass is 9.78. The molecule has 0 fully saturated rings. The van der Waals surface area contributed by atoms with E-state index in [1.165, 1.54) is 0 Å². The third-order valence-corrected chi connectivity index (χ3v) is 7.60. The van der Waals surface area contributed by atoms with Crippen molar-refractivity contribution in [2.75, 3.05) is 13.2 Å². The number of benzene rings is 4. The number of carbonyl (C=O) groups excluding carboxylic acids is 2. The Labute approximate surface area is 234 Å². The van der Waals surface area contributed by atoms with Gasteiger partial charge in [0.05, 0.1) is 24.6 Å². The lowest BCUT2D eigenvalue weighted by Gasteiger charge is -2.45. The number of amides is 2. The molecule has 0 aliphatic carbocycles. The predicted octanol–water partition coefficient (Wildman–Crippen LogP) is 5.58. The van der Waals surface area contributed by atoms with Crippen molar-refractivity contribution in [3.63, 3.8) is 0 Å². The van der Waals surface area contributed by atoms with E-state index >= 15 is 0 Å². The van der Waals surface area contributed by atoms with Crippen LogP contribution in [-0.4, -0.2) is 41.0 Å². The van der Waals surface area contributed by atoms with E-state index in [1.807, 2.05) is 91.0 Å². The summed E-state index contributed by atoms with van der Waals surface area (Å²) in [5, 5.41) is 14.3. The highest BCUT2D eigenvalue weighted by atomic mass is 35.5. The van der Waals surface area contributed by atoms with Gasteiger partial charge in [-0.05, 0) is 53.3 Å². The van der Waals surface area contributed by atoms with Crippen LogP contribution in [0.1, 0.15) is 44.6 Å². The fourth-order valence-electron chi connectivity index (χ4n) is 5.47. The van der Waals surface area contributed by atoms with Crippen molar-refractivity contribution >= 4 is 23.4 Å². The number of nitrogens with one attached hydrogen (secondary N) is 1. The van der Waals surface area contributed by atoms with Crippen LogP contribution >= 0.6 is 11.6 Å². The van der Waals surface area contributed by atoms with Crippen molar-refractivity contribution in [1.82, 2.24) is 10.2 Å². The van der Waals surface area contributed by atoms with Crippen molar-refractivity contribution in [1.29, 1.82) is 0 Å². The maximum absolute atomic E-state index is 14.1. The minimum atomic E-state index is -0.666. The zero-order valence-electron chi connectivity index (χ0n) is 21.5. The lowest BCUT2D eigenvalue weighted by molar-refractivity contribution is -0.124. The first kappa shape index (κ1) is 26.7. The molecule has 0 saturated carbocycles. The van der Waals surface area contributed by atoms with Gasteiger partial charge in [0.15, 0.2) is 0 Å². The molecule has 2 N–H and O–H groups in total. The molecule has 1 aliphatic rings. The zero-order valence-corrected chi connectivity index (χ0v) is 22.3. The van der Waals surface area contributed by atoms with Crippen molar-refractivity contribution in [2.45, 2.75) is 30.8 Å². The number of hydrogen-bond acceptors (Lipinski definition) is 3. The van der Waals surface area contributed by atoms with E-state index in [2.05, 4.69) is 5.32 Å². The maximum Gasteiger partial charge on any atom is 0.255 e. The molecule has 3 atom stereocenters. The Morgan fingerprint density at radius 1 is 0.846 bits per heavy atom. The number of nitrogens with zero attached hydrogens (tertiary/aromatic N) is 1. The van der Waals surface area contributed by atoms with E-state index in [1.54, 1.807) is 23.1 Å². The molecule has 0 saturated heterocycles. The van der Waals surface area contributed by atoms with Crippen LogP contribution < -0.4 is 5.32 Å². The van der Waals surface area contributed by atoms with Gasteiger partial charge >= 0.3 is 0 Å². The summed E-state index contributed by atoms with van der Waals surface area (Å²) in [5.74, 6) is -1.03. The molecular formula is C33H31ClN2O3. The van der Waals surface area contributed by atoms with Crippen molar-refractivity contribution in [2.24, 2.45) is 0 Å². The summed E-state index contributed by atoms with van der Waals surface area (Å²) >= 11 is 6.22. The van der Waals surface area contributed by atoms with Crippen LogP contribution in [0, 0.1) is 0 Å². The van der Waals surface area contributed by atoms with Gasteiger partial charge < -0.3 is 15.3 Å². The van der Waals surface area contributed by atoms with Crippen molar-refractivity contribution < 1.29 is 14.7 Å². The lowest BCUT2D eigenvalue weighted by Crippen LogP contribution is -2.53. The average Bonchev–Trinajstić information content (AvgIpc) is 2.97. The molecule has 1 aliphatic heterocycles. The van der Waals surface area contributed by atoms with E-state index in [4.69, 9.17) is 11.6 Å². The molecule has 0 unspecified atom stereocenters. The Kier molecular flexibility index (Phi) is 8.40. The molecule has 2 amide bonds. The molecule has 39 heavy (non-hydrogen) atoms. The third kappa shape index (κ3) is 5.90. The van der Waals surface area contributed by atoms with Gasteiger partial charge in [-0.15, -0.1) is 0 Å². The number of carbonyl (C=O) groups is 2. The second kappa shape index (κ2) is 12.3. The minimum absolute atomic E-state index is 0.160. The maximum atomic E-state index is 14.1. The van der Waals surface area contributed by atoms with Crippen LogP contribution in [0.15, 0.2) is 109 Å². The monoisotopic (exact) mass is 538 g/mol. The summed E-state index contributed by atoms with van der Waals surface area (Å²) < 4.78 is 0. The van der Waals surface area contributed by atoms with Crippen LogP contribution in [0.5, 0.6) is 0 Å². The number of rotatable bonds is 9. The Balaban J connectivity index is 1.55. The Morgan fingerprint density at radius 3 is 2.13 bits per heavy atom. The van der Waals surface area contributed by atoms with Crippen LogP contribution in [0.25, 0.3) is 0 Å². The zero-order chi connectivity index (χ0) is 27.2. The van der Waals surface area contributed by atoms with Gasteiger partial charge in [0.2, 0.25) is 5.91 Å². The minimum Gasteiger partial charge on any atom is -0.394 e. The molecule has 1 heterocycles. The van der Waals surface area contributed by atoms with Crippen molar-refractivity contribution in [3.05, 3.63) is 142 Å². The van der Waals surface area contributed by atoms with Crippen LogP contribution in [-0.2, 0) is 17.6 Å². The van der Waals surface area contributed by atoms with E-state index < -0.39 is 18.0 Å². The molecule has 0 aromatic heterocycles. The Hall–Kier alpha value is -3.93. The van der Waals surface area contributed by atoms with E-state index in [0.717, 1.165) is 16.7 Å². The van der Waals surface area contributed by atoms with E-state index in [0.29, 0.717) is 35.5 Å². The number of hydrogen-bond donors (Lipinski definition) is 2. The number of aliphatic hydroxyl groups excluding tert-OH is 1. The average molecular weight is 539 g/mol. The van der Waals surface area contributed by atoms with Gasteiger partial charge in [-0.2, -0.15) is 0 Å². The first-order valence-electron chi connectivity index (χ1n) is 13.2. The van der Waals surface area contributed by atoms with Gasteiger partial charge in [0.1, 0.15) is 0 Å². The highest BCUT2D eigenvalue weighted by molar-refractivity contribution is 6.30. The van der Waals surface area contributed by atoms with Crippen LogP contribution in [0.3, 0.4) is 0 Å². The molecule has 0 spiro atoms. The predicted molar refractivity (Wildman–Crippen MR) is 154 cm³/mol. The summed E-state index contributed by atoms with van der Waals surface area (Å²) in [5.41, 5.74) is 4.10. The second-order valence-corrected chi connectivity index (χ2v) is 10.3. The third-order valence-electron chi connectivity index (χ3n) is 7.34. The summed E-state index contributed by atoms with van der Waals surface area (Å²) in [6, 6.07) is 33.2. The van der Waals surface area contributed by atoms with Crippen molar-refractivity contribution in [3.8, 4) is 0 Å². The second-order valence-electron chi connectivity index (χ2n) is 9.83. The molecule has 0 radical (unpaired) electrons. The van der Waals surface area contributed by atoms with Crippen LogP contribution in [0.4, 0.5) is 0 Å². The van der Waals surface area contributed by atoms with E-state index in [9.17, 15) is 14.7 Å². The smallest absolute Gasteiger partial charge is 0.255 e. The van der Waals surface area contributed by atoms with E-state index in [-0.39, 0.29) is 18.4 Å². The van der Waals surface area contributed by atoms with Crippen LogP contribution in [0.2, 0.25) is 5.02 Å². The normalized spacial score (nSPS) is 17.4. The standard InChI is InChI=1S/C33H31ClN2O3/c34-26-17-15-25(16-18-26)31-30(32(38)35-20-19-23-9-3-1-4-10-23)28-13-7-8-14-29(28)33(39)36(31)27(22-37)21-24-11-5-2-6-12-24/h1-18,27,30-31,37H,19-22H2,(H,35,38)/t27-,30-,31+/m1/s1. The van der Waals surface area contributed by atoms with Gasteiger partial charge in [-0.3, -0.25) is 9.59 Å².